The van der Waals surface area contributed by atoms with Crippen molar-refractivity contribution in [3.63, 3.8) is 0 Å². The third-order valence-electron chi connectivity index (χ3n) is 2.55. The van der Waals surface area contributed by atoms with Crippen molar-refractivity contribution in [2.45, 2.75) is 13.8 Å². The van der Waals surface area contributed by atoms with Crippen LogP contribution in [0.4, 0.5) is 4.39 Å². The number of ketones is 1. The smallest absolute Gasteiger partial charge is 0.211 e. The first-order chi connectivity index (χ1) is 8.08. The molecular formula is C14H12FNO. The normalized spacial score (nSPS) is 10.3. The van der Waals surface area contributed by atoms with Gasteiger partial charge in [0.1, 0.15) is 11.5 Å². The predicted molar refractivity (Wildman–Crippen MR) is 63.5 cm³/mol. The number of rotatable bonds is 2. The number of hydrogen-bond donors (Lipinski definition) is 0. The highest BCUT2D eigenvalue weighted by Crippen LogP contribution is 2.14. The molecule has 0 saturated heterocycles. The van der Waals surface area contributed by atoms with Gasteiger partial charge in [0.25, 0.3) is 0 Å². The van der Waals surface area contributed by atoms with Crippen LogP contribution in [-0.2, 0) is 0 Å². The summed E-state index contributed by atoms with van der Waals surface area (Å²) in [6.45, 7) is 3.54. The van der Waals surface area contributed by atoms with Gasteiger partial charge in [0.05, 0.1) is 0 Å². The van der Waals surface area contributed by atoms with E-state index in [1.54, 1.807) is 19.1 Å². The zero-order valence-corrected chi connectivity index (χ0v) is 9.70. The summed E-state index contributed by atoms with van der Waals surface area (Å²) in [6, 6.07) is 9.41. The maximum absolute atomic E-state index is 13.0. The zero-order chi connectivity index (χ0) is 12.4. The Morgan fingerprint density at radius 2 is 1.94 bits per heavy atom. The number of aromatic nitrogens is 1. The minimum atomic E-state index is -0.337. The molecule has 0 bridgehead atoms. The third-order valence-corrected chi connectivity index (χ3v) is 2.55. The third kappa shape index (κ3) is 2.38. The molecule has 0 radical (unpaired) electrons. The zero-order valence-electron chi connectivity index (χ0n) is 9.70. The number of halogens is 1. The largest absolute Gasteiger partial charge is 0.287 e. The SMILES string of the molecule is Cc1cccc(C(=O)c2ccc(F)cc2C)n1. The van der Waals surface area contributed by atoms with E-state index in [-0.39, 0.29) is 11.6 Å². The maximum atomic E-state index is 13.0. The van der Waals surface area contributed by atoms with E-state index in [0.29, 0.717) is 16.8 Å². The first-order valence-corrected chi connectivity index (χ1v) is 5.32. The number of aryl methyl sites for hydroxylation is 2. The fraction of sp³-hybridized carbons (Fsp3) is 0.143. The fourth-order valence-corrected chi connectivity index (χ4v) is 1.69. The summed E-state index contributed by atoms with van der Waals surface area (Å²) in [5, 5.41) is 0. The van der Waals surface area contributed by atoms with Gasteiger partial charge in [-0.15, -0.1) is 0 Å². The Morgan fingerprint density at radius 1 is 1.18 bits per heavy atom. The van der Waals surface area contributed by atoms with E-state index in [1.807, 2.05) is 13.0 Å². The molecule has 86 valence electrons. The van der Waals surface area contributed by atoms with Gasteiger partial charge in [-0.25, -0.2) is 9.37 Å². The molecule has 3 heteroatoms. The highest BCUT2D eigenvalue weighted by Gasteiger charge is 2.13. The monoisotopic (exact) mass is 229 g/mol. The maximum Gasteiger partial charge on any atom is 0.211 e. The van der Waals surface area contributed by atoms with E-state index in [9.17, 15) is 9.18 Å². The number of nitrogens with zero attached hydrogens (tertiary/aromatic N) is 1. The van der Waals surface area contributed by atoms with Crippen LogP contribution in [0, 0.1) is 19.7 Å². The van der Waals surface area contributed by atoms with Crippen LogP contribution >= 0.6 is 0 Å². The van der Waals surface area contributed by atoms with Crippen LogP contribution < -0.4 is 0 Å². The number of carbonyl (C=O) groups excluding carboxylic acids is 1. The van der Waals surface area contributed by atoms with Crippen LogP contribution in [0.1, 0.15) is 27.3 Å². The molecule has 2 nitrogen and oxygen atoms in total. The summed E-state index contributed by atoms with van der Waals surface area (Å²) in [7, 11) is 0. The van der Waals surface area contributed by atoms with Gasteiger partial charge in [0.15, 0.2) is 0 Å². The second-order valence-corrected chi connectivity index (χ2v) is 3.95. The lowest BCUT2D eigenvalue weighted by Gasteiger charge is -2.05. The lowest BCUT2D eigenvalue weighted by molar-refractivity contribution is 0.103. The number of pyridine rings is 1. The second-order valence-electron chi connectivity index (χ2n) is 3.95. The van der Waals surface area contributed by atoms with Gasteiger partial charge in [-0.3, -0.25) is 4.79 Å². The number of benzene rings is 1. The van der Waals surface area contributed by atoms with Gasteiger partial charge in [0.2, 0.25) is 5.78 Å². The number of hydrogen-bond acceptors (Lipinski definition) is 2. The molecule has 0 aliphatic rings. The van der Waals surface area contributed by atoms with Crippen LogP contribution in [0.2, 0.25) is 0 Å². The molecule has 2 rings (SSSR count). The Labute approximate surface area is 99.1 Å². The molecule has 1 aromatic heterocycles. The van der Waals surface area contributed by atoms with E-state index >= 15 is 0 Å². The molecule has 0 saturated carbocycles. The van der Waals surface area contributed by atoms with E-state index in [0.717, 1.165) is 5.69 Å². The minimum absolute atomic E-state index is 0.175. The van der Waals surface area contributed by atoms with Gasteiger partial charge < -0.3 is 0 Å². The van der Waals surface area contributed by atoms with Gasteiger partial charge in [0, 0.05) is 11.3 Å². The summed E-state index contributed by atoms with van der Waals surface area (Å²) in [5.74, 6) is -0.512. The van der Waals surface area contributed by atoms with Crippen LogP contribution in [0.15, 0.2) is 36.4 Å². The Kier molecular flexibility index (Phi) is 3.00. The Morgan fingerprint density at radius 3 is 2.59 bits per heavy atom. The summed E-state index contributed by atoms with van der Waals surface area (Å²) in [5.41, 5.74) is 2.29. The Hall–Kier alpha value is -2.03. The molecule has 0 N–H and O–H groups in total. The minimum Gasteiger partial charge on any atom is -0.287 e. The van der Waals surface area contributed by atoms with Gasteiger partial charge >= 0.3 is 0 Å². The highest BCUT2D eigenvalue weighted by atomic mass is 19.1. The molecule has 0 amide bonds. The van der Waals surface area contributed by atoms with Crippen molar-refractivity contribution in [3.8, 4) is 0 Å². The van der Waals surface area contributed by atoms with Gasteiger partial charge in [-0.1, -0.05) is 6.07 Å². The highest BCUT2D eigenvalue weighted by molar-refractivity contribution is 6.08. The molecule has 0 aliphatic carbocycles. The molecule has 1 aromatic carbocycles. The molecule has 0 fully saturated rings. The Bertz CT molecular complexity index is 578. The van der Waals surface area contributed by atoms with E-state index in [4.69, 9.17) is 0 Å². The summed E-state index contributed by atoms with van der Waals surface area (Å²) in [4.78, 5) is 16.3. The van der Waals surface area contributed by atoms with Gasteiger partial charge in [-0.2, -0.15) is 0 Å². The van der Waals surface area contributed by atoms with Crippen LogP contribution in [0.5, 0.6) is 0 Å². The molecule has 1 heterocycles. The van der Waals surface area contributed by atoms with Crippen molar-refractivity contribution >= 4 is 5.78 Å². The average molecular weight is 229 g/mol. The number of carbonyl (C=O) groups is 1. The lowest BCUT2D eigenvalue weighted by Crippen LogP contribution is -2.06. The average Bonchev–Trinajstić information content (AvgIpc) is 2.28. The second kappa shape index (κ2) is 4.45. The molecule has 0 unspecified atom stereocenters. The van der Waals surface area contributed by atoms with Crippen LogP contribution in [0.3, 0.4) is 0 Å². The lowest BCUT2D eigenvalue weighted by atomic mass is 10.0. The topological polar surface area (TPSA) is 30.0 Å². The van der Waals surface area contributed by atoms with Crippen LogP contribution in [-0.4, -0.2) is 10.8 Å². The summed E-state index contributed by atoms with van der Waals surface area (Å²) in [6.07, 6.45) is 0. The molecule has 0 aliphatic heterocycles. The first kappa shape index (κ1) is 11.5. The van der Waals surface area contributed by atoms with Crippen molar-refractivity contribution in [2.24, 2.45) is 0 Å². The quantitative estimate of drug-likeness (QED) is 0.741. The fourth-order valence-electron chi connectivity index (χ4n) is 1.69. The van der Waals surface area contributed by atoms with Crippen molar-refractivity contribution in [3.05, 3.63) is 64.7 Å². The molecule has 0 spiro atoms. The predicted octanol–water partition coefficient (Wildman–Crippen LogP) is 3.07. The Balaban J connectivity index is 2.44. The molecular weight excluding hydrogens is 217 g/mol. The van der Waals surface area contributed by atoms with E-state index in [2.05, 4.69) is 4.98 Å². The van der Waals surface area contributed by atoms with E-state index in [1.165, 1.54) is 18.2 Å². The van der Waals surface area contributed by atoms with Crippen molar-refractivity contribution in [1.29, 1.82) is 0 Å². The summed E-state index contributed by atoms with van der Waals surface area (Å²) >= 11 is 0. The van der Waals surface area contributed by atoms with Crippen LogP contribution in [0.25, 0.3) is 0 Å². The van der Waals surface area contributed by atoms with Gasteiger partial charge in [-0.05, 0) is 49.7 Å². The molecule has 2 aromatic rings. The van der Waals surface area contributed by atoms with E-state index < -0.39 is 0 Å². The first-order valence-electron chi connectivity index (χ1n) is 5.32. The molecule has 17 heavy (non-hydrogen) atoms. The standard InChI is InChI=1S/C14H12FNO/c1-9-8-11(15)6-7-12(9)14(17)13-5-3-4-10(2)16-13/h3-8H,1-2H3. The van der Waals surface area contributed by atoms with Crippen molar-refractivity contribution in [1.82, 2.24) is 4.98 Å². The molecule has 0 atom stereocenters. The van der Waals surface area contributed by atoms with Crippen molar-refractivity contribution in [2.75, 3.05) is 0 Å². The van der Waals surface area contributed by atoms with Crippen molar-refractivity contribution < 1.29 is 9.18 Å². The summed E-state index contributed by atoms with van der Waals surface area (Å²) < 4.78 is 13.0.